The molecule has 0 aromatic carbocycles. The number of nitrogens with one attached hydrogen (secondary N) is 1. The van der Waals surface area contributed by atoms with Gasteiger partial charge in [-0.15, -0.1) is 11.3 Å². The highest BCUT2D eigenvalue weighted by atomic mass is 32.1. The summed E-state index contributed by atoms with van der Waals surface area (Å²) in [6.45, 7) is 4.77. The van der Waals surface area contributed by atoms with E-state index < -0.39 is 0 Å². The lowest BCUT2D eigenvalue weighted by atomic mass is 9.82. The number of rotatable bonds is 3. The molecule has 2 nitrogen and oxygen atoms in total. The van der Waals surface area contributed by atoms with Crippen LogP contribution in [0.5, 0.6) is 0 Å². The standard InChI is InChI=1S/C15H24N2S/c1-2-5-13(6-3-1)15(14-7-4-12-18-14)17-10-8-16-9-11-17/h4,7,12-13,15-16H,1-3,5-6,8-11H2. The first-order valence-corrected chi connectivity index (χ1v) is 8.31. The fourth-order valence-electron chi connectivity index (χ4n) is 3.58. The molecule has 18 heavy (non-hydrogen) atoms. The molecule has 1 saturated carbocycles. The van der Waals surface area contributed by atoms with E-state index in [0.29, 0.717) is 6.04 Å². The van der Waals surface area contributed by atoms with Crippen molar-refractivity contribution in [3.63, 3.8) is 0 Å². The summed E-state index contributed by atoms with van der Waals surface area (Å²) in [6, 6.07) is 5.27. The van der Waals surface area contributed by atoms with Crippen molar-refractivity contribution in [2.75, 3.05) is 26.2 Å². The zero-order valence-corrected chi connectivity index (χ0v) is 11.9. The van der Waals surface area contributed by atoms with Crippen molar-refractivity contribution >= 4 is 11.3 Å². The number of hydrogen-bond donors (Lipinski definition) is 1. The van der Waals surface area contributed by atoms with Crippen molar-refractivity contribution < 1.29 is 0 Å². The van der Waals surface area contributed by atoms with Crippen molar-refractivity contribution in [2.24, 2.45) is 5.92 Å². The lowest BCUT2D eigenvalue weighted by Gasteiger charge is -2.40. The van der Waals surface area contributed by atoms with Gasteiger partial charge in [0.1, 0.15) is 0 Å². The monoisotopic (exact) mass is 264 g/mol. The average molecular weight is 264 g/mol. The highest BCUT2D eigenvalue weighted by Crippen LogP contribution is 2.40. The maximum atomic E-state index is 3.48. The van der Waals surface area contributed by atoms with Gasteiger partial charge in [-0.05, 0) is 30.2 Å². The third-order valence-electron chi connectivity index (χ3n) is 4.48. The van der Waals surface area contributed by atoms with E-state index in [1.165, 1.54) is 45.2 Å². The van der Waals surface area contributed by atoms with Gasteiger partial charge in [0.2, 0.25) is 0 Å². The Labute approximate surface area is 114 Å². The number of thiophene rings is 1. The second-order valence-electron chi connectivity index (χ2n) is 5.64. The summed E-state index contributed by atoms with van der Waals surface area (Å²) in [4.78, 5) is 4.34. The van der Waals surface area contributed by atoms with Gasteiger partial charge in [-0.3, -0.25) is 4.90 Å². The first-order valence-electron chi connectivity index (χ1n) is 7.43. The minimum absolute atomic E-state index is 0.701. The predicted octanol–water partition coefficient (Wildman–Crippen LogP) is 3.27. The molecule has 3 heteroatoms. The normalized spacial score (nSPS) is 25.1. The summed E-state index contributed by atoms with van der Waals surface area (Å²) in [5, 5.41) is 5.72. The molecule has 2 heterocycles. The predicted molar refractivity (Wildman–Crippen MR) is 78.1 cm³/mol. The second-order valence-corrected chi connectivity index (χ2v) is 6.62. The summed E-state index contributed by atoms with van der Waals surface area (Å²) >= 11 is 1.96. The first kappa shape index (κ1) is 12.6. The van der Waals surface area contributed by atoms with Crippen molar-refractivity contribution in [1.29, 1.82) is 0 Å². The van der Waals surface area contributed by atoms with Gasteiger partial charge < -0.3 is 5.32 Å². The largest absolute Gasteiger partial charge is 0.314 e. The van der Waals surface area contributed by atoms with Crippen molar-refractivity contribution in [1.82, 2.24) is 10.2 Å². The van der Waals surface area contributed by atoms with Gasteiger partial charge in [-0.1, -0.05) is 25.3 Å². The molecule has 2 fully saturated rings. The molecular weight excluding hydrogens is 240 g/mol. The van der Waals surface area contributed by atoms with Crippen molar-refractivity contribution in [2.45, 2.75) is 38.1 Å². The molecule has 1 N–H and O–H groups in total. The average Bonchev–Trinajstić information content (AvgIpc) is 2.95. The van der Waals surface area contributed by atoms with Crippen LogP contribution in [0.15, 0.2) is 17.5 Å². The Bertz CT molecular complexity index is 319. The molecule has 0 radical (unpaired) electrons. The van der Waals surface area contributed by atoms with E-state index in [1.54, 1.807) is 4.88 Å². The van der Waals surface area contributed by atoms with Crippen LogP contribution in [0.25, 0.3) is 0 Å². The molecule has 0 amide bonds. The molecule has 2 aliphatic rings. The highest BCUT2D eigenvalue weighted by molar-refractivity contribution is 7.10. The summed E-state index contributed by atoms with van der Waals surface area (Å²) in [6.07, 6.45) is 7.21. The van der Waals surface area contributed by atoms with E-state index in [2.05, 4.69) is 27.7 Å². The molecule has 0 spiro atoms. The Kier molecular flexibility index (Phi) is 4.34. The Morgan fingerprint density at radius 3 is 2.61 bits per heavy atom. The van der Waals surface area contributed by atoms with Gasteiger partial charge in [-0.25, -0.2) is 0 Å². The third-order valence-corrected chi connectivity index (χ3v) is 5.42. The zero-order valence-electron chi connectivity index (χ0n) is 11.1. The van der Waals surface area contributed by atoms with E-state index >= 15 is 0 Å². The number of hydrogen-bond acceptors (Lipinski definition) is 3. The minimum Gasteiger partial charge on any atom is -0.314 e. The van der Waals surface area contributed by atoms with Gasteiger partial charge in [-0.2, -0.15) is 0 Å². The molecule has 1 aromatic heterocycles. The van der Waals surface area contributed by atoms with Gasteiger partial charge in [0.25, 0.3) is 0 Å². The SMILES string of the molecule is c1csc(C(C2CCCCC2)N2CCNCC2)c1. The van der Waals surface area contributed by atoms with E-state index in [0.717, 1.165) is 19.0 Å². The molecule has 1 atom stereocenters. The summed E-state index contributed by atoms with van der Waals surface area (Å²) in [5.74, 6) is 0.899. The van der Waals surface area contributed by atoms with Gasteiger partial charge in [0.05, 0.1) is 0 Å². The Balaban J connectivity index is 1.78. The smallest absolute Gasteiger partial charge is 0.0470 e. The fourth-order valence-corrected chi connectivity index (χ4v) is 4.53. The van der Waals surface area contributed by atoms with Crippen LogP contribution in [0.1, 0.15) is 43.0 Å². The van der Waals surface area contributed by atoms with Gasteiger partial charge in [0.15, 0.2) is 0 Å². The summed E-state index contributed by atoms with van der Waals surface area (Å²) < 4.78 is 0. The van der Waals surface area contributed by atoms with E-state index in [1.807, 2.05) is 11.3 Å². The molecule has 1 aromatic rings. The van der Waals surface area contributed by atoms with Crippen LogP contribution in [0, 0.1) is 5.92 Å². The Morgan fingerprint density at radius 1 is 1.17 bits per heavy atom. The van der Waals surface area contributed by atoms with Crippen LogP contribution in [-0.2, 0) is 0 Å². The first-order chi connectivity index (χ1) is 8.95. The van der Waals surface area contributed by atoms with E-state index in [-0.39, 0.29) is 0 Å². The lowest BCUT2D eigenvalue weighted by molar-refractivity contribution is 0.106. The van der Waals surface area contributed by atoms with Crippen LogP contribution in [-0.4, -0.2) is 31.1 Å². The van der Waals surface area contributed by atoms with Crippen LogP contribution >= 0.6 is 11.3 Å². The molecule has 1 aliphatic carbocycles. The molecule has 0 bridgehead atoms. The van der Waals surface area contributed by atoms with Gasteiger partial charge in [0, 0.05) is 37.1 Å². The molecular formula is C15H24N2S. The van der Waals surface area contributed by atoms with Crippen molar-refractivity contribution in [3.05, 3.63) is 22.4 Å². The maximum Gasteiger partial charge on any atom is 0.0470 e. The van der Waals surface area contributed by atoms with Crippen LogP contribution in [0.4, 0.5) is 0 Å². The quantitative estimate of drug-likeness (QED) is 0.901. The third kappa shape index (κ3) is 2.79. The summed E-state index contributed by atoms with van der Waals surface area (Å²) in [5.41, 5.74) is 0. The van der Waals surface area contributed by atoms with E-state index in [9.17, 15) is 0 Å². The van der Waals surface area contributed by atoms with Gasteiger partial charge >= 0.3 is 0 Å². The minimum atomic E-state index is 0.701. The fraction of sp³-hybridized carbons (Fsp3) is 0.733. The van der Waals surface area contributed by atoms with E-state index in [4.69, 9.17) is 0 Å². The Morgan fingerprint density at radius 2 is 1.94 bits per heavy atom. The summed E-state index contributed by atoms with van der Waals surface area (Å²) in [7, 11) is 0. The molecule has 3 rings (SSSR count). The number of nitrogens with zero attached hydrogens (tertiary/aromatic N) is 1. The lowest BCUT2D eigenvalue weighted by Crippen LogP contribution is -2.47. The molecule has 1 aliphatic heterocycles. The van der Waals surface area contributed by atoms with Crippen molar-refractivity contribution in [3.8, 4) is 0 Å². The van der Waals surface area contributed by atoms with Crippen LogP contribution in [0.2, 0.25) is 0 Å². The second kappa shape index (κ2) is 6.18. The maximum absolute atomic E-state index is 3.48. The molecule has 100 valence electrons. The Hall–Kier alpha value is -0.380. The van der Waals surface area contributed by atoms with Crippen LogP contribution in [0.3, 0.4) is 0 Å². The topological polar surface area (TPSA) is 15.3 Å². The highest BCUT2D eigenvalue weighted by Gasteiger charge is 2.31. The van der Waals surface area contributed by atoms with Crippen LogP contribution < -0.4 is 5.32 Å². The molecule has 1 unspecified atom stereocenters. The zero-order chi connectivity index (χ0) is 12.2. The number of piperazine rings is 1. The molecule has 1 saturated heterocycles.